The molecule has 0 aromatic carbocycles. The monoisotopic (exact) mass is 254 g/mol. The maximum atomic E-state index is 10.5. The highest BCUT2D eigenvalue weighted by Crippen LogP contribution is 2.37. The van der Waals surface area contributed by atoms with Crippen molar-refractivity contribution in [3.05, 3.63) is 0 Å². The quantitative estimate of drug-likeness (QED) is 0.670. The molecule has 0 atom stereocenters. The average Bonchev–Trinajstić information content (AvgIpc) is 2.50. The lowest BCUT2D eigenvalue weighted by atomic mass is 9.87. The molecular weight excluding hydrogens is 227 g/mol. The summed E-state index contributed by atoms with van der Waals surface area (Å²) in [6, 6.07) is 0. The molecule has 0 spiro atoms. The molecule has 0 N–H and O–H groups in total. The first-order chi connectivity index (χ1) is 8.28. The highest BCUT2D eigenvalue weighted by atomic mass is 16.7. The van der Waals surface area contributed by atoms with Crippen LogP contribution in [0.3, 0.4) is 0 Å². The summed E-state index contributed by atoms with van der Waals surface area (Å²) >= 11 is 0. The van der Waals surface area contributed by atoms with E-state index in [0.717, 1.165) is 32.0 Å². The van der Waals surface area contributed by atoms with E-state index in [1.807, 2.05) is 0 Å². The fourth-order valence-corrected chi connectivity index (χ4v) is 2.08. The van der Waals surface area contributed by atoms with Crippen LogP contribution in [-0.4, -0.2) is 24.1 Å². The van der Waals surface area contributed by atoms with Crippen molar-refractivity contribution < 1.29 is 14.1 Å². The van der Waals surface area contributed by atoms with Gasteiger partial charge in [-0.2, -0.15) is 0 Å². The van der Waals surface area contributed by atoms with E-state index >= 15 is 0 Å². The van der Waals surface area contributed by atoms with Crippen LogP contribution < -0.4 is 0 Å². The van der Waals surface area contributed by atoms with Crippen LogP contribution in [0.5, 0.6) is 0 Å². The summed E-state index contributed by atoms with van der Waals surface area (Å²) in [5, 5.41) is 0. The maximum absolute atomic E-state index is 10.5. The van der Waals surface area contributed by atoms with Crippen LogP contribution >= 0.6 is 0 Å². The predicted octanol–water partition coefficient (Wildman–Crippen LogP) is 3.62. The molecule has 1 heterocycles. The first-order valence-corrected chi connectivity index (χ1v) is 7.16. The van der Waals surface area contributed by atoms with Crippen molar-refractivity contribution in [3.8, 4) is 0 Å². The molecule has 1 aliphatic carbocycles. The second-order valence-electron chi connectivity index (χ2n) is 6.19. The Hall–Kier alpha value is -0.345. The molecule has 0 radical (unpaired) electrons. The standard InChI is InChI=1S/C8H17BO2.C6H10O/c1-6-9-10-7(2,3)8(4,5)11-9;7-6-4-2-1-3-5-6/h6H2,1-5H3;1-5H2. The van der Waals surface area contributed by atoms with Gasteiger partial charge in [-0.25, -0.2) is 0 Å². The van der Waals surface area contributed by atoms with Gasteiger partial charge >= 0.3 is 7.12 Å². The Morgan fingerprint density at radius 2 is 1.44 bits per heavy atom. The lowest BCUT2D eigenvalue weighted by Gasteiger charge is -2.32. The first kappa shape index (κ1) is 15.7. The molecule has 2 fully saturated rings. The van der Waals surface area contributed by atoms with Crippen LogP contribution in [0, 0.1) is 0 Å². The van der Waals surface area contributed by atoms with E-state index in [0.29, 0.717) is 5.78 Å². The molecule has 4 heteroatoms. The van der Waals surface area contributed by atoms with Crippen LogP contribution in [0.1, 0.15) is 66.7 Å². The second-order valence-corrected chi connectivity index (χ2v) is 6.19. The normalized spacial score (nSPS) is 25.6. The molecular formula is C14H27BO3. The molecule has 1 aliphatic heterocycles. The summed E-state index contributed by atoms with van der Waals surface area (Å²) in [5.41, 5.74) is -0.318. The molecule has 3 nitrogen and oxygen atoms in total. The number of Topliss-reactive ketones (excluding diaryl/α,β-unsaturated/α-hetero) is 1. The van der Waals surface area contributed by atoms with E-state index in [9.17, 15) is 4.79 Å². The Balaban J connectivity index is 0.000000199. The Morgan fingerprint density at radius 3 is 1.67 bits per heavy atom. The molecule has 18 heavy (non-hydrogen) atoms. The van der Waals surface area contributed by atoms with Gasteiger partial charge in [0.05, 0.1) is 11.2 Å². The fourth-order valence-electron chi connectivity index (χ4n) is 2.08. The molecule has 0 aromatic rings. The van der Waals surface area contributed by atoms with Gasteiger partial charge in [-0.05, 0) is 46.9 Å². The van der Waals surface area contributed by atoms with Crippen molar-refractivity contribution in [2.24, 2.45) is 0 Å². The number of ketones is 1. The minimum absolute atomic E-state index is 0.0139. The Kier molecular flexibility index (Phi) is 5.41. The first-order valence-electron chi connectivity index (χ1n) is 7.16. The minimum Gasteiger partial charge on any atom is -0.403 e. The number of carbonyl (C=O) groups excluding carboxylic acids is 1. The van der Waals surface area contributed by atoms with Crippen LogP contribution in [0.4, 0.5) is 0 Å². The Morgan fingerprint density at radius 1 is 1.00 bits per heavy atom. The van der Waals surface area contributed by atoms with Crippen LogP contribution in [0.15, 0.2) is 0 Å². The van der Waals surface area contributed by atoms with Gasteiger partial charge in [-0.15, -0.1) is 0 Å². The van der Waals surface area contributed by atoms with Gasteiger partial charge < -0.3 is 9.31 Å². The maximum Gasteiger partial charge on any atom is 0.457 e. The van der Waals surface area contributed by atoms with Crippen LogP contribution in [0.25, 0.3) is 0 Å². The molecule has 0 amide bonds. The highest BCUT2D eigenvalue weighted by molar-refractivity contribution is 6.45. The predicted molar refractivity (Wildman–Crippen MR) is 74.7 cm³/mol. The van der Waals surface area contributed by atoms with E-state index in [1.54, 1.807) is 0 Å². The number of hydrogen-bond acceptors (Lipinski definition) is 3. The fraction of sp³-hybridized carbons (Fsp3) is 0.929. The molecule has 1 saturated carbocycles. The van der Waals surface area contributed by atoms with Gasteiger partial charge in [0.25, 0.3) is 0 Å². The van der Waals surface area contributed by atoms with E-state index in [-0.39, 0.29) is 18.3 Å². The van der Waals surface area contributed by atoms with Crippen LogP contribution in [-0.2, 0) is 14.1 Å². The summed E-state index contributed by atoms with van der Waals surface area (Å²) in [5.74, 6) is 0.464. The summed E-state index contributed by atoms with van der Waals surface area (Å²) in [6.45, 7) is 10.4. The van der Waals surface area contributed by atoms with Crippen molar-refractivity contribution in [2.75, 3.05) is 0 Å². The van der Waals surface area contributed by atoms with Crippen molar-refractivity contribution in [1.29, 1.82) is 0 Å². The molecule has 0 bridgehead atoms. The molecule has 0 aromatic heterocycles. The van der Waals surface area contributed by atoms with Gasteiger partial charge in [-0.3, -0.25) is 4.79 Å². The van der Waals surface area contributed by atoms with Gasteiger partial charge in [0.2, 0.25) is 0 Å². The largest absolute Gasteiger partial charge is 0.457 e. The highest BCUT2D eigenvalue weighted by Gasteiger charge is 2.49. The zero-order valence-corrected chi connectivity index (χ0v) is 12.5. The van der Waals surface area contributed by atoms with Crippen molar-refractivity contribution >= 4 is 12.9 Å². The molecule has 1 saturated heterocycles. The van der Waals surface area contributed by atoms with Crippen molar-refractivity contribution in [2.45, 2.75) is 84.2 Å². The average molecular weight is 254 g/mol. The summed E-state index contributed by atoms with van der Waals surface area (Å²) in [7, 11) is -0.0139. The third kappa shape index (κ3) is 4.09. The Bertz CT molecular complexity index is 263. The number of hydrogen-bond donors (Lipinski definition) is 0. The second kappa shape index (κ2) is 6.20. The van der Waals surface area contributed by atoms with E-state index in [1.165, 1.54) is 6.42 Å². The van der Waals surface area contributed by atoms with Gasteiger partial charge in [0.15, 0.2) is 0 Å². The van der Waals surface area contributed by atoms with Crippen molar-refractivity contribution in [3.63, 3.8) is 0 Å². The molecule has 104 valence electrons. The van der Waals surface area contributed by atoms with Gasteiger partial charge in [0, 0.05) is 12.8 Å². The number of rotatable bonds is 1. The van der Waals surface area contributed by atoms with E-state index in [2.05, 4.69) is 34.6 Å². The van der Waals surface area contributed by atoms with Gasteiger partial charge in [-0.1, -0.05) is 13.3 Å². The molecule has 0 unspecified atom stereocenters. The topological polar surface area (TPSA) is 35.5 Å². The SMILES string of the molecule is CCB1OC(C)(C)C(C)(C)O1.O=C1CCCCC1. The third-order valence-electron chi connectivity index (χ3n) is 4.05. The van der Waals surface area contributed by atoms with E-state index in [4.69, 9.17) is 9.31 Å². The molecule has 2 aliphatic rings. The summed E-state index contributed by atoms with van der Waals surface area (Å²) in [6.07, 6.45) is 6.16. The molecule has 2 rings (SSSR count). The number of carbonyl (C=O) groups is 1. The minimum atomic E-state index is -0.159. The summed E-state index contributed by atoms with van der Waals surface area (Å²) in [4.78, 5) is 10.5. The van der Waals surface area contributed by atoms with Crippen molar-refractivity contribution in [1.82, 2.24) is 0 Å². The van der Waals surface area contributed by atoms with Crippen LogP contribution in [0.2, 0.25) is 6.32 Å². The Labute approximate surface area is 112 Å². The lowest BCUT2D eigenvalue weighted by molar-refractivity contribution is -0.120. The zero-order valence-electron chi connectivity index (χ0n) is 12.5. The summed E-state index contributed by atoms with van der Waals surface area (Å²) < 4.78 is 11.4. The lowest BCUT2D eigenvalue weighted by Crippen LogP contribution is -2.41. The van der Waals surface area contributed by atoms with Gasteiger partial charge in [0.1, 0.15) is 5.78 Å². The smallest absolute Gasteiger partial charge is 0.403 e. The third-order valence-corrected chi connectivity index (χ3v) is 4.05. The van der Waals surface area contributed by atoms with E-state index < -0.39 is 0 Å². The zero-order chi connectivity index (χ0) is 13.8.